The lowest BCUT2D eigenvalue weighted by Crippen LogP contribution is -2.28. The molecule has 1 aromatic heterocycles. The number of aromatic nitrogens is 1. The third kappa shape index (κ3) is 4.70. The zero-order chi connectivity index (χ0) is 15.2. The maximum atomic E-state index is 12.3. The number of carbonyl (C=O) groups is 1. The molecule has 2 atom stereocenters. The normalized spacial score (nSPS) is 21.9. The van der Waals surface area contributed by atoms with Gasteiger partial charge in [0, 0.05) is 24.3 Å². The van der Waals surface area contributed by atoms with E-state index in [9.17, 15) is 4.79 Å². The van der Waals surface area contributed by atoms with E-state index in [1.807, 2.05) is 0 Å². The predicted molar refractivity (Wildman–Crippen MR) is 89.6 cm³/mol. The lowest BCUT2D eigenvalue weighted by atomic mass is 9.81. The first kappa shape index (κ1) is 16.3. The Labute approximate surface area is 135 Å². The maximum absolute atomic E-state index is 12.3. The van der Waals surface area contributed by atoms with Gasteiger partial charge in [-0.15, -0.1) is 0 Å². The minimum atomic E-state index is -0.0583. The zero-order valence-electron chi connectivity index (χ0n) is 12.8. The highest BCUT2D eigenvalue weighted by Gasteiger charge is 2.19. The van der Waals surface area contributed by atoms with Gasteiger partial charge >= 0.3 is 0 Å². The molecule has 1 aromatic rings. The van der Waals surface area contributed by atoms with Crippen LogP contribution in [0.2, 0.25) is 0 Å². The molecule has 2 unspecified atom stereocenters. The molecule has 0 spiro atoms. The summed E-state index contributed by atoms with van der Waals surface area (Å²) in [7, 11) is 1.77. The van der Waals surface area contributed by atoms with Gasteiger partial charge in [-0.3, -0.25) is 4.79 Å². The van der Waals surface area contributed by atoms with Crippen LogP contribution >= 0.6 is 15.9 Å². The fraction of sp³-hybridized carbons (Fsp3) is 0.625. The van der Waals surface area contributed by atoms with E-state index < -0.39 is 0 Å². The van der Waals surface area contributed by atoms with Gasteiger partial charge in [-0.25, -0.2) is 4.98 Å². The monoisotopic (exact) mass is 353 g/mol. The summed E-state index contributed by atoms with van der Waals surface area (Å²) in [6.07, 6.45) is 8.06. The van der Waals surface area contributed by atoms with Crippen molar-refractivity contribution in [1.29, 1.82) is 0 Å². The van der Waals surface area contributed by atoms with Crippen LogP contribution in [0.5, 0.6) is 0 Å². The van der Waals surface area contributed by atoms with E-state index in [-0.39, 0.29) is 5.91 Å². The number of carbonyl (C=O) groups excluding carboxylic acids is 1. The van der Waals surface area contributed by atoms with Gasteiger partial charge in [0.2, 0.25) is 0 Å². The Hall–Kier alpha value is -1.10. The molecule has 1 heterocycles. The molecule has 0 radical (unpaired) electrons. The Bertz CT molecular complexity index is 492. The van der Waals surface area contributed by atoms with Gasteiger partial charge in [0.25, 0.3) is 5.91 Å². The molecule has 116 valence electrons. The summed E-state index contributed by atoms with van der Waals surface area (Å²) < 4.78 is 0.813. The van der Waals surface area contributed by atoms with Gasteiger partial charge in [0.15, 0.2) is 0 Å². The molecule has 2 N–H and O–H groups in total. The van der Waals surface area contributed by atoms with E-state index in [0.717, 1.165) is 29.3 Å². The SMILES string of the molecule is CNc1ncc(Br)cc1C(=O)NCCC1CCCC(C)C1. The van der Waals surface area contributed by atoms with Crippen molar-refractivity contribution in [2.75, 3.05) is 18.9 Å². The molecule has 0 saturated heterocycles. The standard InChI is InChI=1S/C16H24BrN3O/c1-11-4-3-5-12(8-11)6-7-19-16(21)14-9-13(17)10-20-15(14)18-2/h9-12H,3-8H2,1-2H3,(H,18,20)(H,19,21). The molecular formula is C16H24BrN3O. The Kier molecular flexibility index (Phi) is 6.03. The fourth-order valence-electron chi connectivity index (χ4n) is 3.12. The minimum Gasteiger partial charge on any atom is -0.372 e. The lowest BCUT2D eigenvalue weighted by molar-refractivity contribution is 0.0950. The highest BCUT2D eigenvalue weighted by molar-refractivity contribution is 9.10. The number of anilines is 1. The summed E-state index contributed by atoms with van der Waals surface area (Å²) in [5, 5.41) is 5.98. The molecule has 0 aromatic carbocycles. The van der Waals surface area contributed by atoms with Crippen molar-refractivity contribution >= 4 is 27.7 Å². The molecule has 21 heavy (non-hydrogen) atoms. The van der Waals surface area contributed by atoms with E-state index in [1.54, 1.807) is 19.3 Å². The highest BCUT2D eigenvalue weighted by atomic mass is 79.9. The van der Waals surface area contributed by atoms with Crippen molar-refractivity contribution in [3.05, 3.63) is 22.3 Å². The largest absolute Gasteiger partial charge is 0.372 e. The number of amides is 1. The molecule has 5 heteroatoms. The second-order valence-electron chi connectivity index (χ2n) is 5.98. The quantitative estimate of drug-likeness (QED) is 0.845. The van der Waals surface area contributed by atoms with Crippen molar-refractivity contribution < 1.29 is 4.79 Å². The third-order valence-electron chi connectivity index (χ3n) is 4.22. The van der Waals surface area contributed by atoms with Crippen molar-refractivity contribution in [3.8, 4) is 0 Å². The third-order valence-corrected chi connectivity index (χ3v) is 4.65. The highest BCUT2D eigenvalue weighted by Crippen LogP contribution is 2.30. The maximum Gasteiger partial charge on any atom is 0.255 e. The van der Waals surface area contributed by atoms with Crippen molar-refractivity contribution in [1.82, 2.24) is 10.3 Å². The average Bonchev–Trinajstić information content (AvgIpc) is 2.47. The number of nitrogens with one attached hydrogen (secondary N) is 2. The van der Waals surface area contributed by atoms with Gasteiger partial charge < -0.3 is 10.6 Å². The van der Waals surface area contributed by atoms with E-state index in [4.69, 9.17) is 0 Å². The summed E-state index contributed by atoms with van der Waals surface area (Å²) >= 11 is 3.36. The number of nitrogens with zero attached hydrogens (tertiary/aromatic N) is 1. The predicted octanol–water partition coefficient (Wildman–Crippen LogP) is 3.83. The molecule has 1 aliphatic rings. The topological polar surface area (TPSA) is 54.0 Å². The second kappa shape index (κ2) is 7.78. The van der Waals surface area contributed by atoms with Gasteiger partial charge in [-0.05, 0) is 46.7 Å². The van der Waals surface area contributed by atoms with E-state index in [0.29, 0.717) is 11.4 Å². The average molecular weight is 354 g/mol. The van der Waals surface area contributed by atoms with Gasteiger partial charge in [-0.1, -0.05) is 26.2 Å². The van der Waals surface area contributed by atoms with E-state index in [1.165, 1.54) is 25.7 Å². The Morgan fingerprint density at radius 1 is 1.48 bits per heavy atom. The lowest BCUT2D eigenvalue weighted by Gasteiger charge is -2.26. The molecule has 0 aliphatic heterocycles. The number of pyridine rings is 1. The molecule has 4 nitrogen and oxygen atoms in total. The molecule has 1 saturated carbocycles. The van der Waals surface area contributed by atoms with Crippen LogP contribution in [-0.4, -0.2) is 24.5 Å². The summed E-state index contributed by atoms with van der Waals surface area (Å²) in [6.45, 7) is 3.07. The summed E-state index contributed by atoms with van der Waals surface area (Å²) in [4.78, 5) is 16.5. The van der Waals surface area contributed by atoms with Crippen LogP contribution in [-0.2, 0) is 0 Å². The van der Waals surface area contributed by atoms with Gasteiger partial charge in [0.1, 0.15) is 5.82 Å². The fourth-order valence-corrected chi connectivity index (χ4v) is 3.45. The van der Waals surface area contributed by atoms with Crippen LogP contribution in [0.1, 0.15) is 49.4 Å². The molecule has 1 amide bonds. The summed E-state index contributed by atoms with van der Waals surface area (Å²) in [6, 6.07) is 1.80. The second-order valence-corrected chi connectivity index (χ2v) is 6.90. The van der Waals surface area contributed by atoms with Crippen LogP contribution in [0.25, 0.3) is 0 Å². The van der Waals surface area contributed by atoms with E-state index in [2.05, 4.69) is 38.5 Å². The van der Waals surface area contributed by atoms with Crippen LogP contribution in [0.4, 0.5) is 5.82 Å². The first-order valence-electron chi connectivity index (χ1n) is 7.71. The van der Waals surface area contributed by atoms with E-state index >= 15 is 0 Å². The molecule has 2 rings (SSSR count). The van der Waals surface area contributed by atoms with Gasteiger partial charge in [0.05, 0.1) is 5.56 Å². The molecular weight excluding hydrogens is 330 g/mol. The smallest absolute Gasteiger partial charge is 0.255 e. The summed E-state index contributed by atoms with van der Waals surface area (Å²) in [5.41, 5.74) is 0.587. The number of halogens is 1. The van der Waals surface area contributed by atoms with Crippen LogP contribution in [0.15, 0.2) is 16.7 Å². The number of rotatable bonds is 5. The number of hydrogen-bond donors (Lipinski definition) is 2. The van der Waals surface area contributed by atoms with Crippen LogP contribution < -0.4 is 10.6 Å². The Morgan fingerprint density at radius 2 is 2.29 bits per heavy atom. The van der Waals surface area contributed by atoms with Crippen molar-refractivity contribution in [3.63, 3.8) is 0 Å². The van der Waals surface area contributed by atoms with Crippen molar-refractivity contribution in [2.45, 2.75) is 39.0 Å². The van der Waals surface area contributed by atoms with Gasteiger partial charge in [-0.2, -0.15) is 0 Å². The van der Waals surface area contributed by atoms with Crippen LogP contribution in [0.3, 0.4) is 0 Å². The Balaban J connectivity index is 1.85. The van der Waals surface area contributed by atoms with Crippen LogP contribution in [0, 0.1) is 11.8 Å². The van der Waals surface area contributed by atoms with Crippen molar-refractivity contribution in [2.24, 2.45) is 11.8 Å². The number of hydrogen-bond acceptors (Lipinski definition) is 3. The Morgan fingerprint density at radius 3 is 3.00 bits per heavy atom. The first-order chi connectivity index (χ1) is 10.1. The molecule has 1 fully saturated rings. The minimum absolute atomic E-state index is 0.0583. The molecule has 1 aliphatic carbocycles. The molecule has 0 bridgehead atoms. The first-order valence-corrected chi connectivity index (χ1v) is 8.51. The summed E-state index contributed by atoms with van der Waals surface area (Å²) in [5.74, 6) is 2.15. The zero-order valence-corrected chi connectivity index (χ0v) is 14.4.